The lowest BCUT2D eigenvalue weighted by Crippen LogP contribution is -2.58. The molecule has 0 saturated heterocycles. The second kappa shape index (κ2) is 8.18. The van der Waals surface area contributed by atoms with E-state index in [1.54, 1.807) is 0 Å². The molecule has 29 heavy (non-hydrogen) atoms. The fourth-order valence-corrected chi connectivity index (χ4v) is 7.51. The molecule has 0 radical (unpaired) electrons. The van der Waals surface area contributed by atoms with Crippen LogP contribution in [0.2, 0.25) is 0 Å². The Morgan fingerprint density at radius 2 is 2.00 bits per heavy atom. The number of Topliss-reactive ketones (excluding diaryl/α,β-unsaturated/α-hetero) is 1. The molecule has 0 aromatic heterocycles. The van der Waals surface area contributed by atoms with Gasteiger partial charge in [0, 0.05) is 36.8 Å². The van der Waals surface area contributed by atoms with Crippen molar-refractivity contribution < 1.29 is 14.8 Å². The minimum atomic E-state index is -0.168. The number of halogens is 1. The standard InChI is InChI=1S/C22H35N3O3.ClH/c1-21-8-5-13(24-20(27)7-10-23)11-17(21)18(25-28)12-14-15-3-4-19(26)22(15,2)9-6-16(14)21;/h13-17,28H,3-12,23H2,1-2H3,(H,24,27);1H/b25-18-;/t13?,14-,15-,16+,17?,21+,22-;/m0./s1. The third kappa shape index (κ3) is 3.50. The number of oxime groups is 1. The van der Waals surface area contributed by atoms with Gasteiger partial charge in [-0.15, -0.1) is 12.4 Å². The second-order valence-electron chi connectivity index (χ2n) is 10.2. The van der Waals surface area contributed by atoms with Crippen molar-refractivity contribution in [1.29, 1.82) is 0 Å². The molecular formula is C22H36ClN3O3. The lowest BCUT2D eigenvalue weighted by atomic mass is 9.44. The van der Waals surface area contributed by atoms with Gasteiger partial charge in [-0.2, -0.15) is 0 Å². The predicted octanol–water partition coefficient (Wildman–Crippen LogP) is 3.29. The van der Waals surface area contributed by atoms with Gasteiger partial charge in [-0.05, 0) is 68.1 Å². The summed E-state index contributed by atoms with van der Waals surface area (Å²) in [4.78, 5) is 24.6. The summed E-state index contributed by atoms with van der Waals surface area (Å²) in [5, 5.41) is 16.8. The molecule has 164 valence electrons. The van der Waals surface area contributed by atoms with Crippen LogP contribution in [0.1, 0.15) is 71.6 Å². The molecule has 4 N–H and O–H groups in total. The quantitative estimate of drug-likeness (QED) is 0.476. The first-order chi connectivity index (χ1) is 13.3. The van der Waals surface area contributed by atoms with Crippen LogP contribution in [0.5, 0.6) is 0 Å². The number of nitrogens with two attached hydrogens (primary N) is 1. The summed E-state index contributed by atoms with van der Waals surface area (Å²) in [6, 6.07) is 0.132. The highest BCUT2D eigenvalue weighted by molar-refractivity contribution is 5.90. The summed E-state index contributed by atoms with van der Waals surface area (Å²) in [6.45, 7) is 4.92. The number of nitrogens with zero attached hydrogens (tertiary/aromatic N) is 1. The number of rotatable bonds is 3. The Kier molecular flexibility index (Phi) is 6.36. The van der Waals surface area contributed by atoms with Gasteiger partial charge in [-0.25, -0.2) is 0 Å². The number of hydrogen-bond donors (Lipinski definition) is 3. The largest absolute Gasteiger partial charge is 0.411 e. The maximum atomic E-state index is 12.6. The Bertz CT molecular complexity index is 699. The summed E-state index contributed by atoms with van der Waals surface area (Å²) >= 11 is 0. The van der Waals surface area contributed by atoms with E-state index in [1.165, 1.54) is 0 Å². The third-order valence-electron chi connectivity index (χ3n) is 9.05. The zero-order valence-electron chi connectivity index (χ0n) is 17.7. The van der Waals surface area contributed by atoms with E-state index < -0.39 is 0 Å². The molecule has 0 spiro atoms. The van der Waals surface area contributed by atoms with Gasteiger partial charge in [-0.1, -0.05) is 19.0 Å². The normalized spacial score (nSPS) is 45.0. The van der Waals surface area contributed by atoms with Crippen molar-refractivity contribution in [3.63, 3.8) is 0 Å². The minimum absolute atomic E-state index is 0. The highest BCUT2D eigenvalue weighted by atomic mass is 35.5. The van der Waals surface area contributed by atoms with Gasteiger partial charge in [-0.3, -0.25) is 9.59 Å². The highest BCUT2D eigenvalue weighted by Crippen LogP contribution is 2.64. The molecule has 4 fully saturated rings. The van der Waals surface area contributed by atoms with Gasteiger partial charge in [0.05, 0.1) is 5.71 Å². The van der Waals surface area contributed by atoms with Crippen LogP contribution in [0.4, 0.5) is 0 Å². The van der Waals surface area contributed by atoms with Crippen LogP contribution in [0.25, 0.3) is 0 Å². The molecule has 4 rings (SSSR count). The number of amides is 1. The zero-order valence-corrected chi connectivity index (χ0v) is 18.5. The molecule has 4 aliphatic rings. The number of fused-ring (bicyclic) bond motifs is 5. The summed E-state index contributed by atoms with van der Waals surface area (Å²) in [5.74, 6) is 2.11. The number of hydrogen-bond acceptors (Lipinski definition) is 5. The Morgan fingerprint density at radius 1 is 1.24 bits per heavy atom. The SMILES string of the molecule is C[C@]12CCC(NC(=O)CCN)CC1/C(=N\O)C[C@@H]1[C@H]2CC[C@]2(C)C(=O)CC[C@@H]12.Cl. The molecule has 4 saturated carbocycles. The van der Waals surface area contributed by atoms with Crippen LogP contribution < -0.4 is 11.1 Å². The topological polar surface area (TPSA) is 105 Å². The van der Waals surface area contributed by atoms with E-state index >= 15 is 0 Å². The van der Waals surface area contributed by atoms with Crippen molar-refractivity contribution >= 4 is 29.8 Å². The molecule has 7 heteroatoms. The van der Waals surface area contributed by atoms with E-state index in [2.05, 4.69) is 24.3 Å². The molecule has 0 aromatic carbocycles. The van der Waals surface area contributed by atoms with Gasteiger partial charge < -0.3 is 16.3 Å². The molecule has 0 aromatic rings. The van der Waals surface area contributed by atoms with Crippen molar-refractivity contribution in [2.45, 2.75) is 77.7 Å². The second-order valence-corrected chi connectivity index (χ2v) is 10.2. The first-order valence-electron chi connectivity index (χ1n) is 11.1. The van der Waals surface area contributed by atoms with Crippen LogP contribution in [0, 0.1) is 34.5 Å². The Balaban J connectivity index is 0.00000240. The summed E-state index contributed by atoms with van der Waals surface area (Å²) in [6.07, 6.45) is 7.81. The summed E-state index contributed by atoms with van der Waals surface area (Å²) < 4.78 is 0. The first-order valence-corrected chi connectivity index (χ1v) is 11.1. The Labute approximate surface area is 179 Å². The zero-order chi connectivity index (χ0) is 20.1. The number of nitrogens with one attached hydrogen (secondary N) is 1. The third-order valence-corrected chi connectivity index (χ3v) is 9.05. The van der Waals surface area contributed by atoms with E-state index in [0.717, 1.165) is 50.7 Å². The van der Waals surface area contributed by atoms with E-state index in [4.69, 9.17) is 5.73 Å². The average Bonchev–Trinajstić information content (AvgIpc) is 2.97. The number of carbonyl (C=O) groups is 2. The van der Waals surface area contributed by atoms with E-state index in [0.29, 0.717) is 42.9 Å². The number of ketones is 1. The molecule has 7 atom stereocenters. The van der Waals surface area contributed by atoms with Crippen LogP contribution in [0.3, 0.4) is 0 Å². The lowest BCUT2D eigenvalue weighted by molar-refractivity contribution is -0.134. The predicted molar refractivity (Wildman–Crippen MR) is 114 cm³/mol. The van der Waals surface area contributed by atoms with Crippen LogP contribution in [0.15, 0.2) is 5.16 Å². The lowest BCUT2D eigenvalue weighted by Gasteiger charge is -2.60. The first kappa shape index (κ1) is 22.5. The molecule has 0 aliphatic heterocycles. The smallest absolute Gasteiger partial charge is 0.221 e. The van der Waals surface area contributed by atoms with Crippen LogP contribution >= 0.6 is 12.4 Å². The van der Waals surface area contributed by atoms with Crippen molar-refractivity contribution in [3.8, 4) is 0 Å². The Hall–Kier alpha value is -1.14. The van der Waals surface area contributed by atoms with Crippen LogP contribution in [-0.2, 0) is 9.59 Å². The molecule has 0 heterocycles. The maximum absolute atomic E-state index is 12.6. The van der Waals surface area contributed by atoms with Crippen molar-refractivity contribution in [2.75, 3.05) is 6.54 Å². The average molecular weight is 426 g/mol. The van der Waals surface area contributed by atoms with E-state index in [-0.39, 0.29) is 41.1 Å². The molecule has 1 amide bonds. The van der Waals surface area contributed by atoms with Crippen LogP contribution in [-0.4, -0.2) is 35.2 Å². The van der Waals surface area contributed by atoms with Gasteiger partial charge >= 0.3 is 0 Å². The Morgan fingerprint density at radius 3 is 2.69 bits per heavy atom. The van der Waals surface area contributed by atoms with E-state index in [9.17, 15) is 14.8 Å². The highest BCUT2D eigenvalue weighted by Gasteiger charge is 2.61. The monoisotopic (exact) mass is 425 g/mol. The van der Waals surface area contributed by atoms with Gasteiger partial charge in [0.15, 0.2) is 0 Å². The van der Waals surface area contributed by atoms with Crippen molar-refractivity contribution in [1.82, 2.24) is 5.32 Å². The van der Waals surface area contributed by atoms with E-state index in [1.807, 2.05) is 0 Å². The van der Waals surface area contributed by atoms with Crippen molar-refractivity contribution in [3.05, 3.63) is 0 Å². The fourth-order valence-electron chi connectivity index (χ4n) is 7.51. The minimum Gasteiger partial charge on any atom is -0.411 e. The number of carbonyl (C=O) groups excluding carboxylic acids is 2. The fraction of sp³-hybridized carbons (Fsp3) is 0.864. The van der Waals surface area contributed by atoms with Gasteiger partial charge in [0.1, 0.15) is 5.78 Å². The molecule has 6 nitrogen and oxygen atoms in total. The molecule has 4 aliphatic carbocycles. The molecular weight excluding hydrogens is 390 g/mol. The van der Waals surface area contributed by atoms with Crippen molar-refractivity contribution in [2.24, 2.45) is 45.4 Å². The van der Waals surface area contributed by atoms with Gasteiger partial charge in [0.25, 0.3) is 0 Å². The molecule has 2 unspecified atom stereocenters. The van der Waals surface area contributed by atoms with Gasteiger partial charge in [0.2, 0.25) is 5.91 Å². The summed E-state index contributed by atoms with van der Waals surface area (Å²) in [5.41, 5.74) is 6.32. The summed E-state index contributed by atoms with van der Waals surface area (Å²) in [7, 11) is 0. The maximum Gasteiger partial charge on any atom is 0.221 e. The molecule has 0 bridgehead atoms.